The highest BCUT2D eigenvalue weighted by Crippen LogP contribution is 2.33. The van der Waals surface area contributed by atoms with Gasteiger partial charge in [-0.25, -0.2) is 8.42 Å². The van der Waals surface area contributed by atoms with Gasteiger partial charge in [0.1, 0.15) is 0 Å². The molecule has 1 saturated heterocycles. The Morgan fingerprint density at radius 1 is 1.07 bits per heavy atom. The summed E-state index contributed by atoms with van der Waals surface area (Å²) in [5.41, 5.74) is 2.42. The molecule has 0 aliphatic carbocycles. The van der Waals surface area contributed by atoms with Crippen LogP contribution in [0.2, 0.25) is 0 Å². The number of sulfonamides is 1. The van der Waals surface area contributed by atoms with Gasteiger partial charge < -0.3 is 9.64 Å². The molecule has 2 aliphatic rings. The minimum Gasteiger partial charge on any atom is -0.379 e. The third kappa shape index (κ3) is 3.26. The molecule has 27 heavy (non-hydrogen) atoms. The molecule has 1 atom stereocenters. The predicted octanol–water partition coefficient (Wildman–Crippen LogP) is 2.30. The molecular weight excluding hydrogens is 364 g/mol. The van der Waals surface area contributed by atoms with Crippen LogP contribution in [0.1, 0.15) is 22.8 Å². The summed E-state index contributed by atoms with van der Waals surface area (Å²) in [6.07, 6.45) is 0.799. The van der Waals surface area contributed by atoms with E-state index >= 15 is 0 Å². The maximum Gasteiger partial charge on any atom is 0.258 e. The van der Waals surface area contributed by atoms with E-state index < -0.39 is 10.0 Å². The number of rotatable bonds is 3. The fourth-order valence-electron chi connectivity index (χ4n) is 3.74. The Morgan fingerprint density at radius 2 is 1.81 bits per heavy atom. The smallest absolute Gasteiger partial charge is 0.258 e. The van der Waals surface area contributed by atoms with Crippen LogP contribution in [-0.4, -0.2) is 51.0 Å². The van der Waals surface area contributed by atoms with Gasteiger partial charge in [-0.3, -0.25) is 4.79 Å². The van der Waals surface area contributed by atoms with Crippen LogP contribution in [0, 0.1) is 0 Å². The zero-order valence-electron chi connectivity index (χ0n) is 15.2. The van der Waals surface area contributed by atoms with Crippen molar-refractivity contribution in [2.45, 2.75) is 24.3 Å². The molecule has 2 aromatic rings. The van der Waals surface area contributed by atoms with Gasteiger partial charge in [0.15, 0.2) is 0 Å². The van der Waals surface area contributed by atoms with Gasteiger partial charge >= 0.3 is 0 Å². The Labute approximate surface area is 159 Å². The van der Waals surface area contributed by atoms with Crippen LogP contribution >= 0.6 is 0 Å². The number of anilines is 1. The van der Waals surface area contributed by atoms with Gasteiger partial charge in [0, 0.05) is 30.4 Å². The number of benzene rings is 2. The first-order valence-corrected chi connectivity index (χ1v) is 10.5. The average Bonchev–Trinajstić information content (AvgIpc) is 3.04. The highest BCUT2D eigenvalue weighted by molar-refractivity contribution is 7.89. The number of para-hydroxylation sites is 1. The first-order chi connectivity index (χ1) is 13.0. The van der Waals surface area contributed by atoms with Crippen LogP contribution in [0.4, 0.5) is 5.69 Å². The lowest BCUT2D eigenvalue weighted by Crippen LogP contribution is -2.40. The summed E-state index contributed by atoms with van der Waals surface area (Å²) >= 11 is 0. The second-order valence-electron chi connectivity index (χ2n) is 6.90. The van der Waals surface area contributed by atoms with Crippen molar-refractivity contribution in [1.29, 1.82) is 0 Å². The summed E-state index contributed by atoms with van der Waals surface area (Å²) in [6, 6.07) is 14.2. The number of ether oxygens (including phenoxy) is 1. The maximum absolute atomic E-state index is 13.2. The summed E-state index contributed by atoms with van der Waals surface area (Å²) in [6.45, 7) is 3.44. The standard InChI is InChI=1S/C20H22N2O4S/c1-15-13-16-5-2-3-8-19(16)22(15)20(23)17-6-4-7-18(14-17)27(24,25)21-9-11-26-12-10-21/h2-8,14-15H,9-13H2,1H3/t15-/m1/s1. The molecule has 2 heterocycles. The van der Waals surface area contributed by atoms with Crippen molar-refractivity contribution in [3.63, 3.8) is 0 Å². The molecule has 1 amide bonds. The molecule has 6 nitrogen and oxygen atoms in total. The summed E-state index contributed by atoms with van der Waals surface area (Å²) in [4.78, 5) is 15.1. The van der Waals surface area contributed by atoms with Gasteiger partial charge in [-0.2, -0.15) is 4.31 Å². The molecule has 0 N–H and O–H groups in total. The summed E-state index contributed by atoms with van der Waals surface area (Å²) in [7, 11) is -3.63. The van der Waals surface area contributed by atoms with Gasteiger partial charge in [-0.05, 0) is 43.2 Å². The number of nitrogens with zero attached hydrogens (tertiary/aromatic N) is 2. The van der Waals surface area contributed by atoms with Gasteiger partial charge in [-0.15, -0.1) is 0 Å². The molecule has 4 rings (SSSR count). The Kier molecular flexibility index (Phi) is 4.75. The van der Waals surface area contributed by atoms with E-state index in [9.17, 15) is 13.2 Å². The average molecular weight is 386 g/mol. The van der Waals surface area contributed by atoms with Crippen molar-refractivity contribution in [1.82, 2.24) is 4.31 Å². The van der Waals surface area contributed by atoms with Gasteiger partial charge in [0.25, 0.3) is 5.91 Å². The lowest BCUT2D eigenvalue weighted by molar-refractivity contribution is 0.0730. The Bertz CT molecular complexity index is 967. The zero-order valence-corrected chi connectivity index (χ0v) is 16.0. The van der Waals surface area contributed by atoms with E-state index in [4.69, 9.17) is 4.74 Å². The number of carbonyl (C=O) groups excluding carboxylic acids is 1. The van der Waals surface area contributed by atoms with Crippen LogP contribution in [0.15, 0.2) is 53.4 Å². The molecule has 7 heteroatoms. The van der Waals surface area contributed by atoms with Crippen LogP contribution in [0.25, 0.3) is 0 Å². The summed E-state index contributed by atoms with van der Waals surface area (Å²) in [5.74, 6) is -0.175. The topological polar surface area (TPSA) is 66.9 Å². The third-order valence-electron chi connectivity index (χ3n) is 5.11. The van der Waals surface area contributed by atoms with Crippen LogP contribution in [0.3, 0.4) is 0 Å². The zero-order chi connectivity index (χ0) is 19.0. The Hall–Kier alpha value is -2.22. The molecule has 0 radical (unpaired) electrons. The van der Waals surface area contributed by atoms with Crippen LogP contribution in [0.5, 0.6) is 0 Å². The van der Waals surface area contributed by atoms with Crippen LogP contribution < -0.4 is 4.90 Å². The molecule has 2 aromatic carbocycles. The second kappa shape index (κ2) is 7.07. The van der Waals surface area contributed by atoms with E-state index in [0.29, 0.717) is 31.9 Å². The molecule has 2 aliphatic heterocycles. The highest BCUT2D eigenvalue weighted by Gasteiger charge is 2.32. The molecule has 0 unspecified atom stereocenters. The maximum atomic E-state index is 13.2. The van der Waals surface area contributed by atoms with Gasteiger partial charge in [0.05, 0.1) is 18.1 Å². The van der Waals surface area contributed by atoms with E-state index in [1.54, 1.807) is 23.1 Å². The van der Waals surface area contributed by atoms with Crippen molar-refractivity contribution in [2.75, 3.05) is 31.2 Å². The number of hydrogen-bond donors (Lipinski definition) is 0. The van der Waals surface area contributed by atoms with Crippen molar-refractivity contribution < 1.29 is 17.9 Å². The Balaban J connectivity index is 1.66. The monoisotopic (exact) mass is 386 g/mol. The minimum absolute atomic E-state index is 0.0365. The fourth-order valence-corrected chi connectivity index (χ4v) is 5.19. The van der Waals surface area contributed by atoms with E-state index in [0.717, 1.165) is 17.7 Å². The third-order valence-corrected chi connectivity index (χ3v) is 7.01. The summed E-state index contributed by atoms with van der Waals surface area (Å²) < 4.78 is 32.4. The molecular formula is C20H22N2O4S. The molecule has 142 valence electrons. The van der Waals surface area contributed by atoms with Crippen molar-refractivity contribution in [3.05, 3.63) is 59.7 Å². The quantitative estimate of drug-likeness (QED) is 0.812. The first kappa shape index (κ1) is 18.2. The van der Waals surface area contributed by atoms with Gasteiger partial charge in [-0.1, -0.05) is 24.3 Å². The van der Waals surface area contributed by atoms with Crippen molar-refractivity contribution in [2.24, 2.45) is 0 Å². The molecule has 0 spiro atoms. The molecule has 1 fully saturated rings. The lowest BCUT2D eigenvalue weighted by Gasteiger charge is -2.26. The minimum atomic E-state index is -3.63. The summed E-state index contributed by atoms with van der Waals surface area (Å²) in [5, 5.41) is 0. The normalized spacial score (nSPS) is 20.5. The number of amides is 1. The van der Waals surface area contributed by atoms with Crippen LogP contribution in [-0.2, 0) is 21.2 Å². The molecule has 0 bridgehead atoms. The number of hydrogen-bond acceptors (Lipinski definition) is 4. The second-order valence-corrected chi connectivity index (χ2v) is 8.84. The highest BCUT2D eigenvalue weighted by atomic mass is 32.2. The lowest BCUT2D eigenvalue weighted by atomic mass is 10.1. The van der Waals surface area contributed by atoms with Crippen molar-refractivity contribution in [3.8, 4) is 0 Å². The first-order valence-electron chi connectivity index (χ1n) is 9.08. The van der Waals surface area contributed by atoms with E-state index in [2.05, 4.69) is 0 Å². The van der Waals surface area contributed by atoms with E-state index in [1.807, 2.05) is 31.2 Å². The number of morpholine rings is 1. The molecule has 0 saturated carbocycles. The fraction of sp³-hybridized carbons (Fsp3) is 0.350. The predicted molar refractivity (Wildman–Crippen MR) is 102 cm³/mol. The van der Waals surface area contributed by atoms with E-state index in [1.165, 1.54) is 10.4 Å². The van der Waals surface area contributed by atoms with Gasteiger partial charge in [0.2, 0.25) is 10.0 Å². The number of fused-ring (bicyclic) bond motifs is 1. The van der Waals surface area contributed by atoms with Crippen molar-refractivity contribution >= 4 is 21.6 Å². The SMILES string of the molecule is C[C@@H]1Cc2ccccc2N1C(=O)c1cccc(S(=O)(=O)N2CCOCC2)c1. The largest absolute Gasteiger partial charge is 0.379 e. The molecule has 0 aromatic heterocycles. The Morgan fingerprint density at radius 3 is 2.59 bits per heavy atom. The number of carbonyl (C=O) groups is 1. The van der Waals surface area contributed by atoms with E-state index in [-0.39, 0.29) is 16.8 Å².